The van der Waals surface area contributed by atoms with Gasteiger partial charge < -0.3 is 0 Å². The van der Waals surface area contributed by atoms with Gasteiger partial charge in [-0.2, -0.15) is 12.6 Å². The van der Waals surface area contributed by atoms with Gasteiger partial charge in [0.25, 0.3) is 0 Å². The molecule has 1 heterocycles. The van der Waals surface area contributed by atoms with Gasteiger partial charge in [0.2, 0.25) is 10.0 Å². The molecule has 1 unspecified atom stereocenters. The minimum atomic E-state index is -3.44. The van der Waals surface area contributed by atoms with Gasteiger partial charge in [0.05, 0.1) is 6.20 Å². The maximum absolute atomic E-state index is 11.2. The maximum atomic E-state index is 11.2. The predicted octanol–water partition coefficient (Wildman–Crippen LogP) is 0.494. The summed E-state index contributed by atoms with van der Waals surface area (Å²) in [6.07, 6.45) is 4.19. The van der Waals surface area contributed by atoms with E-state index < -0.39 is 14.6 Å². The first kappa shape index (κ1) is 10.3. The Morgan fingerprint density at radius 3 is 2.69 bits per heavy atom. The summed E-state index contributed by atoms with van der Waals surface area (Å²) in [4.78, 5) is 7.47. The van der Waals surface area contributed by atoms with Gasteiger partial charge in [-0.1, -0.05) is 0 Å². The average molecular weight is 219 g/mol. The van der Waals surface area contributed by atoms with E-state index in [1.54, 1.807) is 0 Å². The van der Waals surface area contributed by atoms with E-state index in [0.717, 1.165) is 0 Å². The van der Waals surface area contributed by atoms with E-state index in [-0.39, 0.29) is 5.82 Å². The zero-order valence-corrected chi connectivity index (χ0v) is 8.59. The van der Waals surface area contributed by atoms with Crippen LogP contribution in [0.1, 0.15) is 6.92 Å². The molecule has 0 fully saturated rings. The predicted molar refractivity (Wildman–Crippen MR) is 53.0 cm³/mol. The molecule has 0 aliphatic heterocycles. The fourth-order valence-corrected chi connectivity index (χ4v) is 1.31. The van der Waals surface area contributed by atoms with E-state index in [4.69, 9.17) is 0 Å². The Morgan fingerprint density at radius 2 is 2.23 bits per heavy atom. The van der Waals surface area contributed by atoms with Gasteiger partial charge in [-0.05, 0) is 6.92 Å². The summed E-state index contributed by atoms with van der Waals surface area (Å²) in [5, 5.41) is 0. The second-order valence-corrected chi connectivity index (χ2v) is 5.46. The first-order valence-corrected chi connectivity index (χ1v) is 5.54. The molecule has 0 aromatic carbocycles. The molecule has 0 spiro atoms. The molecule has 1 aromatic heterocycles. The van der Waals surface area contributed by atoms with Crippen LogP contribution in [0.4, 0.5) is 5.82 Å². The van der Waals surface area contributed by atoms with E-state index in [1.807, 2.05) is 0 Å². The van der Waals surface area contributed by atoms with Crippen LogP contribution in [-0.4, -0.2) is 23.0 Å². The molecule has 0 aliphatic rings. The SMILES string of the molecule is CC(S)S(=O)(=O)Nc1cnccn1. The Kier molecular flexibility index (Phi) is 3.10. The van der Waals surface area contributed by atoms with E-state index in [1.165, 1.54) is 25.5 Å². The smallest absolute Gasteiger partial charge is 0.245 e. The summed E-state index contributed by atoms with van der Waals surface area (Å²) >= 11 is 3.81. The fourth-order valence-electron chi connectivity index (χ4n) is 0.583. The van der Waals surface area contributed by atoms with E-state index in [0.29, 0.717) is 0 Å². The third-order valence-corrected chi connectivity index (χ3v) is 3.48. The number of thiol groups is 1. The van der Waals surface area contributed by atoms with E-state index in [9.17, 15) is 8.42 Å². The summed E-state index contributed by atoms with van der Waals surface area (Å²) < 4.78 is 23.9. The molecular weight excluding hydrogens is 210 g/mol. The van der Waals surface area contributed by atoms with Gasteiger partial charge in [-0.15, -0.1) is 0 Å². The number of anilines is 1. The first-order chi connectivity index (χ1) is 6.02. The highest BCUT2D eigenvalue weighted by Gasteiger charge is 2.16. The van der Waals surface area contributed by atoms with Crippen LogP contribution in [-0.2, 0) is 10.0 Å². The molecule has 72 valence electrons. The van der Waals surface area contributed by atoms with Crippen LogP contribution in [0.3, 0.4) is 0 Å². The van der Waals surface area contributed by atoms with Crippen LogP contribution >= 0.6 is 12.6 Å². The van der Waals surface area contributed by atoms with Gasteiger partial charge in [0.15, 0.2) is 5.82 Å². The van der Waals surface area contributed by atoms with Gasteiger partial charge in [0, 0.05) is 12.4 Å². The molecule has 1 rings (SSSR count). The molecule has 1 atom stereocenters. The molecular formula is C6H9N3O2S2. The molecule has 0 saturated carbocycles. The molecule has 7 heteroatoms. The van der Waals surface area contributed by atoms with E-state index >= 15 is 0 Å². The summed E-state index contributed by atoms with van der Waals surface area (Å²) in [6, 6.07) is 0. The lowest BCUT2D eigenvalue weighted by atomic mass is 10.7. The van der Waals surface area contributed by atoms with Gasteiger partial charge >= 0.3 is 0 Å². The summed E-state index contributed by atoms with van der Waals surface area (Å²) in [6.45, 7) is 1.46. The lowest BCUT2D eigenvalue weighted by Gasteiger charge is -2.07. The van der Waals surface area contributed by atoms with Crippen molar-refractivity contribution in [3.63, 3.8) is 0 Å². The largest absolute Gasteiger partial charge is 0.265 e. The van der Waals surface area contributed by atoms with Gasteiger partial charge in [0.1, 0.15) is 4.58 Å². The van der Waals surface area contributed by atoms with Crippen molar-refractivity contribution in [3.05, 3.63) is 18.6 Å². The minimum absolute atomic E-state index is 0.198. The van der Waals surface area contributed by atoms with Crippen molar-refractivity contribution in [3.8, 4) is 0 Å². The molecule has 5 nitrogen and oxygen atoms in total. The number of rotatable bonds is 3. The van der Waals surface area contributed by atoms with E-state index in [2.05, 4.69) is 27.3 Å². The second-order valence-electron chi connectivity index (χ2n) is 2.34. The molecule has 0 saturated heterocycles. The molecule has 0 aliphatic carbocycles. The Labute approximate surface area is 82.1 Å². The summed E-state index contributed by atoms with van der Waals surface area (Å²) in [7, 11) is -3.44. The van der Waals surface area contributed by atoms with Gasteiger partial charge in [-0.3, -0.25) is 9.71 Å². The van der Waals surface area contributed by atoms with Crippen molar-refractivity contribution in [1.29, 1.82) is 0 Å². The van der Waals surface area contributed by atoms with Crippen molar-refractivity contribution in [2.75, 3.05) is 4.72 Å². The molecule has 0 radical (unpaired) electrons. The Bertz CT molecular complexity index is 363. The quantitative estimate of drug-likeness (QED) is 0.726. The van der Waals surface area contributed by atoms with Crippen LogP contribution in [0, 0.1) is 0 Å². The molecule has 0 amide bonds. The van der Waals surface area contributed by atoms with Crippen LogP contribution in [0.2, 0.25) is 0 Å². The number of sulfonamides is 1. The number of nitrogens with zero attached hydrogens (tertiary/aromatic N) is 2. The van der Waals surface area contributed by atoms with Crippen LogP contribution in [0.25, 0.3) is 0 Å². The highest BCUT2D eigenvalue weighted by molar-refractivity contribution is 8.05. The first-order valence-electron chi connectivity index (χ1n) is 3.48. The van der Waals surface area contributed by atoms with Crippen molar-refractivity contribution in [1.82, 2.24) is 9.97 Å². The monoisotopic (exact) mass is 219 g/mol. The molecule has 1 N–H and O–H groups in total. The van der Waals surface area contributed by atoms with Crippen LogP contribution in [0.5, 0.6) is 0 Å². The second kappa shape index (κ2) is 3.93. The standard InChI is InChI=1S/C6H9N3O2S2/c1-5(12)13(10,11)9-6-4-7-2-3-8-6/h2-5,12H,1H3,(H,8,9). The normalized spacial score (nSPS) is 13.7. The molecule has 0 bridgehead atoms. The Morgan fingerprint density at radius 1 is 1.54 bits per heavy atom. The Balaban J connectivity index is 2.82. The minimum Gasteiger partial charge on any atom is -0.265 e. The summed E-state index contributed by atoms with van der Waals surface area (Å²) in [5.41, 5.74) is 0. The van der Waals surface area contributed by atoms with Crippen molar-refractivity contribution in [2.45, 2.75) is 11.5 Å². The van der Waals surface area contributed by atoms with Crippen molar-refractivity contribution < 1.29 is 8.42 Å². The lowest BCUT2D eigenvalue weighted by molar-refractivity contribution is 0.600. The molecule has 13 heavy (non-hydrogen) atoms. The third-order valence-electron chi connectivity index (χ3n) is 1.26. The topological polar surface area (TPSA) is 72.0 Å². The van der Waals surface area contributed by atoms with Crippen molar-refractivity contribution in [2.24, 2.45) is 0 Å². The molecule has 1 aromatic rings. The fraction of sp³-hybridized carbons (Fsp3) is 0.333. The number of hydrogen-bond acceptors (Lipinski definition) is 5. The maximum Gasteiger partial charge on any atom is 0.245 e. The van der Waals surface area contributed by atoms with Crippen LogP contribution < -0.4 is 4.72 Å². The number of hydrogen-bond donors (Lipinski definition) is 2. The highest BCUT2D eigenvalue weighted by Crippen LogP contribution is 2.08. The average Bonchev–Trinajstić information content (AvgIpc) is 2.05. The number of nitrogens with one attached hydrogen (secondary N) is 1. The highest BCUT2D eigenvalue weighted by atomic mass is 32.3. The Hall–Kier alpha value is -0.820. The third kappa shape index (κ3) is 2.85. The summed E-state index contributed by atoms with van der Waals surface area (Å²) in [5.74, 6) is 0.198. The number of aromatic nitrogens is 2. The zero-order valence-electron chi connectivity index (χ0n) is 6.88. The van der Waals surface area contributed by atoms with Crippen molar-refractivity contribution >= 4 is 28.5 Å². The van der Waals surface area contributed by atoms with Gasteiger partial charge in [-0.25, -0.2) is 13.4 Å². The lowest BCUT2D eigenvalue weighted by Crippen LogP contribution is -2.21. The zero-order chi connectivity index (χ0) is 9.90. The van der Waals surface area contributed by atoms with Crippen LogP contribution in [0.15, 0.2) is 18.6 Å².